The third kappa shape index (κ3) is 4.06. The zero-order valence-electron chi connectivity index (χ0n) is 10.7. The molecule has 1 aliphatic heterocycles. The lowest BCUT2D eigenvalue weighted by molar-refractivity contribution is 0.0857. The molecule has 0 spiro atoms. The van der Waals surface area contributed by atoms with Gasteiger partial charge in [0.1, 0.15) is 10.7 Å². The molecule has 1 aromatic carbocycles. The highest BCUT2D eigenvalue weighted by Gasteiger charge is 2.23. The summed E-state index contributed by atoms with van der Waals surface area (Å²) in [6.07, 6.45) is 1.68. The molecule has 1 fully saturated rings. The predicted octanol–water partition coefficient (Wildman–Crippen LogP) is 2.32. The van der Waals surface area contributed by atoms with Gasteiger partial charge in [-0.2, -0.15) is 0 Å². The number of rotatable bonds is 4. The van der Waals surface area contributed by atoms with Gasteiger partial charge in [-0.15, -0.1) is 0 Å². The molecule has 0 radical (unpaired) electrons. The maximum atomic E-state index is 13.5. The Bertz CT molecular complexity index is 659. The second-order valence-electron chi connectivity index (χ2n) is 4.55. The van der Waals surface area contributed by atoms with E-state index in [1.54, 1.807) is 0 Å². The molecule has 0 saturated carbocycles. The van der Waals surface area contributed by atoms with Crippen LogP contribution in [0, 0.1) is 5.82 Å². The summed E-state index contributed by atoms with van der Waals surface area (Å²) in [4.78, 5) is 11.2. The molecule has 1 saturated heterocycles. The van der Waals surface area contributed by atoms with Crippen LogP contribution < -0.4 is 5.32 Å². The summed E-state index contributed by atoms with van der Waals surface area (Å²) >= 11 is 5.77. The fourth-order valence-electron chi connectivity index (χ4n) is 2.00. The average molecular weight is 356 g/mol. The molecule has 0 aromatic heterocycles. The van der Waals surface area contributed by atoms with Gasteiger partial charge in [-0.05, 0) is 25.0 Å². The zero-order chi connectivity index (χ0) is 15.6. The minimum absolute atomic E-state index is 0.0793. The number of hydrogen-bond acceptors (Lipinski definition) is 4. The van der Waals surface area contributed by atoms with Crippen molar-refractivity contribution in [2.45, 2.75) is 23.8 Å². The zero-order valence-corrected chi connectivity index (χ0v) is 13.1. The van der Waals surface area contributed by atoms with Crippen molar-refractivity contribution < 1.29 is 22.3 Å². The Kier molecular flexibility index (Phi) is 5.08. The van der Waals surface area contributed by atoms with E-state index in [-0.39, 0.29) is 23.2 Å². The molecule has 21 heavy (non-hydrogen) atoms. The van der Waals surface area contributed by atoms with Crippen LogP contribution in [0.2, 0.25) is 5.02 Å². The Labute approximate surface area is 130 Å². The van der Waals surface area contributed by atoms with Gasteiger partial charge < -0.3 is 10.1 Å². The Morgan fingerprint density at radius 2 is 2.19 bits per heavy atom. The van der Waals surface area contributed by atoms with Crippen molar-refractivity contribution in [1.82, 2.24) is 5.32 Å². The number of hydrogen-bond donors (Lipinski definition) is 1. The highest BCUT2D eigenvalue weighted by atomic mass is 35.7. The molecule has 1 aliphatic rings. The standard InChI is InChI=1S/C12H12Cl2FNO4S/c13-9-5-10(15)11(21(14,18)19)4-8(9)12(17)16-6-7-2-1-3-20-7/h4-5,7H,1-3,6H2,(H,16,17). The molecule has 116 valence electrons. The Morgan fingerprint density at radius 1 is 1.48 bits per heavy atom. The third-order valence-corrected chi connectivity index (χ3v) is 4.69. The molecule has 5 nitrogen and oxygen atoms in total. The quantitative estimate of drug-likeness (QED) is 0.841. The molecule has 0 aliphatic carbocycles. The fraction of sp³-hybridized carbons (Fsp3) is 0.417. The number of carbonyl (C=O) groups is 1. The van der Waals surface area contributed by atoms with Crippen LogP contribution in [0.25, 0.3) is 0 Å². The maximum Gasteiger partial charge on any atom is 0.264 e. The maximum absolute atomic E-state index is 13.5. The summed E-state index contributed by atoms with van der Waals surface area (Å²) in [5.41, 5.74) is -0.157. The lowest BCUT2D eigenvalue weighted by atomic mass is 10.2. The van der Waals surface area contributed by atoms with Gasteiger partial charge in [0.05, 0.1) is 16.7 Å². The van der Waals surface area contributed by atoms with Crippen LogP contribution in [0.4, 0.5) is 4.39 Å². The van der Waals surface area contributed by atoms with Crippen molar-refractivity contribution in [1.29, 1.82) is 0 Å². The highest BCUT2D eigenvalue weighted by Crippen LogP contribution is 2.26. The lowest BCUT2D eigenvalue weighted by Gasteiger charge is -2.12. The number of nitrogens with one attached hydrogen (secondary N) is 1. The SMILES string of the molecule is O=C(NCC1CCCO1)c1cc(S(=O)(=O)Cl)c(F)cc1Cl. The van der Waals surface area contributed by atoms with Gasteiger partial charge in [0.15, 0.2) is 0 Å². The smallest absolute Gasteiger partial charge is 0.264 e. The Balaban J connectivity index is 2.20. The lowest BCUT2D eigenvalue weighted by Crippen LogP contribution is -2.32. The number of carbonyl (C=O) groups excluding carboxylic acids is 1. The van der Waals surface area contributed by atoms with Crippen LogP contribution in [0.15, 0.2) is 17.0 Å². The van der Waals surface area contributed by atoms with E-state index in [2.05, 4.69) is 5.32 Å². The molecule has 9 heteroatoms. The summed E-state index contributed by atoms with van der Waals surface area (Å²) in [7, 11) is 0.808. The summed E-state index contributed by atoms with van der Waals surface area (Å²) < 4.78 is 41.3. The first kappa shape index (κ1) is 16.5. The number of amides is 1. The molecule has 1 atom stereocenters. The van der Waals surface area contributed by atoms with Gasteiger partial charge in [-0.3, -0.25) is 4.79 Å². The second kappa shape index (κ2) is 6.48. The molecule has 1 amide bonds. The van der Waals surface area contributed by atoms with Crippen molar-refractivity contribution in [2.75, 3.05) is 13.2 Å². The van der Waals surface area contributed by atoms with Crippen LogP contribution >= 0.6 is 22.3 Å². The number of benzene rings is 1. The largest absolute Gasteiger partial charge is 0.376 e. The fourth-order valence-corrected chi connectivity index (χ4v) is 3.14. The molecule has 1 aromatic rings. The Morgan fingerprint density at radius 3 is 2.76 bits per heavy atom. The minimum Gasteiger partial charge on any atom is -0.376 e. The second-order valence-corrected chi connectivity index (χ2v) is 7.49. The molecule has 0 bridgehead atoms. The van der Waals surface area contributed by atoms with Gasteiger partial charge in [0.2, 0.25) is 0 Å². The van der Waals surface area contributed by atoms with Crippen LogP contribution in [0.3, 0.4) is 0 Å². The average Bonchev–Trinajstić information content (AvgIpc) is 2.87. The van der Waals surface area contributed by atoms with E-state index >= 15 is 0 Å². The van der Waals surface area contributed by atoms with E-state index in [0.29, 0.717) is 6.61 Å². The summed E-state index contributed by atoms with van der Waals surface area (Å²) in [6, 6.07) is 1.57. The molecule has 2 rings (SSSR count). The summed E-state index contributed by atoms with van der Waals surface area (Å²) in [5, 5.41) is 2.38. The minimum atomic E-state index is -4.30. The van der Waals surface area contributed by atoms with E-state index in [0.717, 1.165) is 25.0 Å². The van der Waals surface area contributed by atoms with Gasteiger partial charge in [-0.1, -0.05) is 11.6 Å². The molecule has 1 N–H and O–H groups in total. The van der Waals surface area contributed by atoms with Gasteiger partial charge in [-0.25, -0.2) is 12.8 Å². The normalized spacial score (nSPS) is 18.7. The summed E-state index contributed by atoms with van der Waals surface area (Å²) in [6.45, 7) is 0.919. The van der Waals surface area contributed by atoms with E-state index in [1.807, 2.05) is 0 Å². The van der Waals surface area contributed by atoms with Gasteiger partial charge in [0, 0.05) is 23.8 Å². The van der Waals surface area contributed by atoms with Crippen molar-refractivity contribution in [3.8, 4) is 0 Å². The highest BCUT2D eigenvalue weighted by molar-refractivity contribution is 8.13. The molecule has 1 heterocycles. The predicted molar refractivity (Wildman–Crippen MR) is 75.8 cm³/mol. The third-order valence-electron chi connectivity index (χ3n) is 3.04. The van der Waals surface area contributed by atoms with Crippen LogP contribution in [-0.4, -0.2) is 33.6 Å². The Hall–Kier alpha value is -0.890. The van der Waals surface area contributed by atoms with E-state index in [1.165, 1.54) is 0 Å². The molecular formula is C12H12Cl2FNO4S. The van der Waals surface area contributed by atoms with E-state index < -0.39 is 25.7 Å². The van der Waals surface area contributed by atoms with Crippen molar-refractivity contribution in [3.05, 3.63) is 28.5 Å². The first-order valence-corrected chi connectivity index (χ1v) is 8.81. The van der Waals surface area contributed by atoms with Crippen molar-refractivity contribution in [2.24, 2.45) is 0 Å². The first-order chi connectivity index (χ1) is 9.79. The van der Waals surface area contributed by atoms with Gasteiger partial charge in [0.25, 0.3) is 15.0 Å². The van der Waals surface area contributed by atoms with E-state index in [4.69, 9.17) is 27.0 Å². The molecular weight excluding hydrogens is 344 g/mol. The summed E-state index contributed by atoms with van der Waals surface area (Å²) in [5.74, 6) is -1.72. The van der Waals surface area contributed by atoms with Gasteiger partial charge >= 0.3 is 0 Å². The first-order valence-electron chi connectivity index (χ1n) is 6.12. The van der Waals surface area contributed by atoms with Crippen molar-refractivity contribution in [3.63, 3.8) is 0 Å². The van der Waals surface area contributed by atoms with E-state index in [9.17, 15) is 17.6 Å². The van der Waals surface area contributed by atoms with Crippen LogP contribution in [-0.2, 0) is 13.8 Å². The van der Waals surface area contributed by atoms with Crippen LogP contribution in [0.1, 0.15) is 23.2 Å². The number of halogens is 3. The van der Waals surface area contributed by atoms with Crippen LogP contribution in [0.5, 0.6) is 0 Å². The van der Waals surface area contributed by atoms with Crippen molar-refractivity contribution >= 4 is 37.2 Å². The topological polar surface area (TPSA) is 72.5 Å². The monoisotopic (exact) mass is 355 g/mol. The molecule has 1 unspecified atom stereocenters. The number of ether oxygens (including phenoxy) is 1.